The maximum absolute atomic E-state index is 3.69. The topological polar surface area (TPSA) is 12.0 Å². The molecule has 0 aromatic carbocycles. The molecule has 0 spiro atoms. The van der Waals surface area contributed by atoms with Gasteiger partial charge in [-0.05, 0) is 30.7 Å². The van der Waals surface area contributed by atoms with Crippen LogP contribution in [0.25, 0.3) is 0 Å². The van der Waals surface area contributed by atoms with Crippen LogP contribution in [0, 0.1) is 11.3 Å². The molecule has 0 amide bonds. The lowest BCUT2D eigenvalue weighted by atomic mass is 9.75. The summed E-state index contributed by atoms with van der Waals surface area (Å²) in [5.74, 6) is 0.725. The second-order valence-corrected chi connectivity index (χ2v) is 5.41. The zero-order valence-electron chi connectivity index (χ0n) is 11.0. The Labute approximate surface area is 90.7 Å². The van der Waals surface area contributed by atoms with Gasteiger partial charge in [-0.25, -0.2) is 0 Å². The Hall–Kier alpha value is -0.0400. The molecule has 0 rings (SSSR count). The molecule has 0 heterocycles. The molecular weight excluding hydrogens is 170 g/mol. The molecule has 0 aliphatic carbocycles. The summed E-state index contributed by atoms with van der Waals surface area (Å²) in [4.78, 5) is 0. The Morgan fingerprint density at radius 1 is 1.07 bits per heavy atom. The minimum absolute atomic E-state index is 0.429. The van der Waals surface area contributed by atoms with Gasteiger partial charge >= 0.3 is 0 Å². The van der Waals surface area contributed by atoms with E-state index >= 15 is 0 Å². The maximum Gasteiger partial charge on any atom is 0.0141 e. The first-order valence-electron chi connectivity index (χ1n) is 6.19. The van der Waals surface area contributed by atoms with Crippen molar-refractivity contribution in [3.8, 4) is 0 Å². The zero-order chi connectivity index (χ0) is 11.2. The van der Waals surface area contributed by atoms with Gasteiger partial charge in [-0.3, -0.25) is 0 Å². The van der Waals surface area contributed by atoms with Crippen LogP contribution in [-0.4, -0.2) is 12.6 Å². The predicted octanol–water partition coefficient (Wildman–Crippen LogP) is 3.84. The fourth-order valence-corrected chi connectivity index (χ4v) is 2.51. The highest BCUT2D eigenvalue weighted by molar-refractivity contribution is 4.85. The van der Waals surface area contributed by atoms with Crippen molar-refractivity contribution in [1.82, 2.24) is 5.32 Å². The van der Waals surface area contributed by atoms with Gasteiger partial charge in [0.15, 0.2) is 0 Å². The molecule has 14 heavy (non-hydrogen) atoms. The minimum Gasteiger partial charge on any atom is -0.313 e. The molecule has 0 bridgehead atoms. The first kappa shape index (κ1) is 14.0. The molecule has 0 saturated carbocycles. The van der Waals surface area contributed by atoms with Gasteiger partial charge in [0.25, 0.3) is 0 Å². The van der Waals surface area contributed by atoms with Crippen LogP contribution in [0.1, 0.15) is 60.8 Å². The molecular formula is C13H29N. The smallest absolute Gasteiger partial charge is 0.0141 e. The summed E-state index contributed by atoms with van der Waals surface area (Å²) in [6, 6.07) is 0.655. The van der Waals surface area contributed by atoms with E-state index in [0.717, 1.165) is 12.5 Å². The first-order chi connectivity index (χ1) is 6.45. The average Bonchev–Trinajstić information content (AvgIpc) is 2.03. The van der Waals surface area contributed by atoms with Crippen molar-refractivity contribution >= 4 is 0 Å². The van der Waals surface area contributed by atoms with Crippen molar-refractivity contribution < 1.29 is 0 Å². The van der Waals surface area contributed by atoms with Gasteiger partial charge in [-0.2, -0.15) is 0 Å². The Kier molecular flexibility index (Phi) is 6.43. The molecule has 1 nitrogen and oxygen atoms in total. The van der Waals surface area contributed by atoms with Crippen molar-refractivity contribution in [2.24, 2.45) is 11.3 Å². The van der Waals surface area contributed by atoms with Crippen molar-refractivity contribution in [3.63, 3.8) is 0 Å². The van der Waals surface area contributed by atoms with E-state index in [9.17, 15) is 0 Å². The third-order valence-corrected chi connectivity index (χ3v) is 3.02. The fraction of sp³-hybridized carbons (Fsp3) is 1.00. The van der Waals surface area contributed by atoms with Gasteiger partial charge in [0, 0.05) is 6.04 Å². The summed E-state index contributed by atoms with van der Waals surface area (Å²) in [6.45, 7) is 15.1. The normalized spacial score (nSPS) is 14.8. The van der Waals surface area contributed by atoms with E-state index in [4.69, 9.17) is 0 Å². The Balaban J connectivity index is 4.30. The monoisotopic (exact) mass is 199 g/mol. The summed E-state index contributed by atoms with van der Waals surface area (Å²) in [7, 11) is 0. The number of rotatable bonds is 7. The van der Waals surface area contributed by atoms with E-state index in [1.54, 1.807) is 0 Å². The highest BCUT2D eigenvalue weighted by Crippen LogP contribution is 2.30. The van der Waals surface area contributed by atoms with Crippen LogP contribution < -0.4 is 5.32 Å². The molecule has 0 radical (unpaired) electrons. The van der Waals surface area contributed by atoms with E-state index in [1.165, 1.54) is 19.3 Å². The van der Waals surface area contributed by atoms with E-state index in [0.29, 0.717) is 11.5 Å². The molecule has 0 aliphatic rings. The highest BCUT2D eigenvalue weighted by Gasteiger charge is 2.30. The largest absolute Gasteiger partial charge is 0.313 e. The molecule has 1 heteroatoms. The lowest BCUT2D eigenvalue weighted by Gasteiger charge is -2.38. The van der Waals surface area contributed by atoms with Crippen molar-refractivity contribution in [1.29, 1.82) is 0 Å². The number of hydrogen-bond donors (Lipinski definition) is 1. The molecule has 0 aromatic rings. The van der Waals surface area contributed by atoms with Crippen LogP contribution in [0.15, 0.2) is 0 Å². The van der Waals surface area contributed by atoms with Crippen LogP contribution in [0.2, 0.25) is 0 Å². The third-order valence-electron chi connectivity index (χ3n) is 3.02. The summed E-state index contributed by atoms with van der Waals surface area (Å²) < 4.78 is 0. The average molecular weight is 199 g/mol. The van der Waals surface area contributed by atoms with Crippen molar-refractivity contribution in [3.05, 3.63) is 0 Å². The van der Waals surface area contributed by atoms with Crippen LogP contribution in [-0.2, 0) is 0 Å². The molecule has 1 atom stereocenters. The van der Waals surface area contributed by atoms with Gasteiger partial charge in [-0.15, -0.1) is 0 Å². The standard InChI is InChI=1S/C13H29N/c1-7-9-13(5,6)12(11(3)4)14-10-8-2/h11-12,14H,7-10H2,1-6H3. The lowest BCUT2D eigenvalue weighted by molar-refractivity contribution is 0.175. The van der Waals surface area contributed by atoms with Gasteiger partial charge in [-0.1, -0.05) is 48.0 Å². The summed E-state index contributed by atoms with van der Waals surface area (Å²) >= 11 is 0. The zero-order valence-corrected chi connectivity index (χ0v) is 11.0. The van der Waals surface area contributed by atoms with E-state index in [2.05, 4.69) is 46.9 Å². The van der Waals surface area contributed by atoms with Crippen molar-refractivity contribution in [2.45, 2.75) is 66.8 Å². The Bertz CT molecular complexity index is 138. The minimum atomic E-state index is 0.429. The van der Waals surface area contributed by atoms with Crippen LogP contribution >= 0.6 is 0 Å². The van der Waals surface area contributed by atoms with Gasteiger partial charge in [0.2, 0.25) is 0 Å². The van der Waals surface area contributed by atoms with E-state index in [1.807, 2.05) is 0 Å². The van der Waals surface area contributed by atoms with Gasteiger partial charge in [0.1, 0.15) is 0 Å². The SMILES string of the molecule is CCCNC(C(C)C)C(C)(C)CCC. The third kappa shape index (κ3) is 4.45. The maximum atomic E-state index is 3.69. The lowest BCUT2D eigenvalue weighted by Crippen LogP contribution is -2.45. The first-order valence-corrected chi connectivity index (χ1v) is 6.19. The summed E-state index contributed by atoms with van der Waals surface area (Å²) in [6.07, 6.45) is 3.82. The van der Waals surface area contributed by atoms with E-state index < -0.39 is 0 Å². The van der Waals surface area contributed by atoms with Crippen LogP contribution in [0.5, 0.6) is 0 Å². The second-order valence-electron chi connectivity index (χ2n) is 5.41. The second kappa shape index (κ2) is 6.44. The summed E-state index contributed by atoms with van der Waals surface area (Å²) in [5, 5.41) is 3.69. The molecule has 0 aliphatic heterocycles. The molecule has 0 saturated heterocycles. The van der Waals surface area contributed by atoms with E-state index in [-0.39, 0.29) is 0 Å². The molecule has 86 valence electrons. The van der Waals surface area contributed by atoms with Crippen LogP contribution in [0.4, 0.5) is 0 Å². The van der Waals surface area contributed by atoms with Crippen LogP contribution in [0.3, 0.4) is 0 Å². The molecule has 0 aromatic heterocycles. The molecule has 1 unspecified atom stereocenters. The fourth-order valence-electron chi connectivity index (χ4n) is 2.51. The number of nitrogens with one attached hydrogen (secondary N) is 1. The molecule has 0 fully saturated rings. The van der Waals surface area contributed by atoms with Gasteiger partial charge < -0.3 is 5.32 Å². The molecule has 1 N–H and O–H groups in total. The Morgan fingerprint density at radius 2 is 1.64 bits per heavy atom. The Morgan fingerprint density at radius 3 is 2.00 bits per heavy atom. The quantitative estimate of drug-likeness (QED) is 0.657. The van der Waals surface area contributed by atoms with Gasteiger partial charge in [0.05, 0.1) is 0 Å². The van der Waals surface area contributed by atoms with Crippen molar-refractivity contribution in [2.75, 3.05) is 6.54 Å². The predicted molar refractivity (Wildman–Crippen MR) is 65.6 cm³/mol. The number of hydrogen-bond acceptors (Lipinski definition) is 1. The summed E-state index contributed by atoms with van der Waals surface area (Å²) in [5.41, 5.74) is 0.429. The highest BCUT2D eigenvalue weighted by atomic mass is 14.9.